The van der Waals surface area contributed by atoms with Crippen LogP contribution in [0.3, 0.4) is 0 Å². The van der Waals surface area contributed by atoms with Gasteiger partial charge in [-0.05, 0) is 41.0 Å². The molecule has 88 valence electrons. The van der Waals surface area contributed by atoms with Crippen molar-refractivity contribution in [3.63, 3.8) is 0 Å². The van der Waals surface area contributed by atoms with E-state index in [2.05, 4.69) is 15.5 Å². The van der Waals surface area contributed by atoms with E-state index in [0.29, 0.717) is 12.1 Å². The fourth-order valence-electron chi connectivity index (χ4n) is 0.754. The first-order chi connectivity index (χ1) is 6.95. The summed E-state index contributed by atoms with van der Waals surface area (Å²) in [6, 6.07) is 0.982. The van der Waals surface area contributed by atoms with Gasteiger partial charge in [0, 0.05) is 12.1 Å². The molecule has 0 radical (unpaired) electrons. The second kappa shape index (κ2) is 7.26. The molecule has 0 unspecified atom stereocenters. The van der Waals surface area contributed by atoms with Gasteiger partial charge in [0.2, 0.25) is 0 Å². The summed E-state index contributed by atoms with van der Waals surface area (Å²) in [5.41, 5.74) is 0.956. The molecule has 4 heteroatoms. The van der Waals surface area contributed by atoms with Gasteiger partial charge in [0.05, 0.1) is 5.71 Å². The summed E-state index contributed by atoms with van der Waals surface area (Å²) in [7, 11) is 0. The zero-order valence-electron chi connectivity index (χ0n) is 10.7. The number of amidine groups is 1. The molecule has 0 aromatic rings. The maximum absolute atomic E-state index is 5.24. The van der Waals surface area contributed by atoms with Gasteiger partial charge in [0.1, 0.15) is 0 Å². The quantitative estimate of drug-likeness (QED) is 0.443. The molecule has 0 rings (SSSR count). The van der Waals surface area contributed by atoms with Crippen LogP contribution in [-0.2, 0) is 4.84 Å². The van der Waals surface area contributed by atoms with Gasteiger partial charge in [-0.15, -0.1) is 0 Å². The highest BCUT2D eigenvalue weighted by molar-refractivity contribution is 5.82. The van der Waals surface area contributed by atoms with Gasteiger partial charge in [0.15, 0.2) is 0 Å². The zero-order valence-corrected chi connectivity index (χ0v) is 10.7. The van der Waals surface area contributed by atoms with E-state index < -0.39 is 0 Å². The number of nitrogens with zero attached hydrogens (tertiary/aromatic N) is 2. The molecule has 0 aliphatic heterocycles. The van der Waals surface area contributed by atoms with Gasteiger partial charge in [-0.3, -0.25) is 0 Å². The molecule has 1 N–H and O–H groups in total. The van der Waals surface area contributed by atoms with Crippen molar-refractivity contribution in [2.45, 2.75) is 60.0 Å². The number of nitrogens with one attached hydrogen (secondary N) is 1. The Morgan fingerprint density at radius 1 is 1.27 bits per heavy atom. The normalized spacial score (nSPS) is 13.6. The summed E-state index contributed by atoms with van der Waals surface area (Å²) >= 11 is 0. The van der Waals surface area contributed by atoms with Crippen molar-refractivity contribution in [2.75, 3.05) is 0 Å². The van der Waals surface area contributed by atoms with E-state index in [-0.39, 0.29) is 6.04 Å². The minimum absolute atomic E-state index is 0.198. The highest BCUT2D eigenvalue weighted by Gasteiger charge is 2.03. The van der Waals surface area contributed by atoms with Crippen LogP contribution in [0, 0.1) is 0 Å². The van der Waals surface area contributed by atoms with E-state index in [4.69, 9.17) is 4.84 Å². The van der Waals surface area contributed by atoms with Gasteiger partial charge < -0.3 is 10.2 Å². The Morgan fingerprint density at radius 3 is 2.27 bits per heavy atom. The third-order valence-corrected chi connectivity index (χ3v) is 1.59. The highest BCUT2D eigenvalue weighted by atomic mass is 16.6. The van der Waals surface area contributed by atoms with Crippen LogP contribution in [0.25, 0.3) is 0 Å². The zero-order chi connectivity index (χ0) is 11.8. The molecule has 0 aliphatic rings. The van der Waals surface area contributed by atoms with Crippen molar-refractivity contribution in [1.82, 2.24) is 5.32 Å². The van der Waals surface area contributed by atoms with Crippen LogP contribution >= 0.6 is 0 Å². The first kappa shape index (κ1) is 13.9. The lowest BCUT2D eigenvalue weighted by atomic mass is 10.3. The Labute approximate surface area is 92.8 Å². The maximum atomic E-state index is 5.24. The number of hydrogen-bond acceptors (Lipinski definition) is 3. The van der Waals surface area contributed by atoms with Crippen LogP contribution < -0.4 is 5.32 Å². The largest absolute Gasteiger partial charge is 0.336 e. The lowest BCUT2D eigenvalue weighted by Gasteiger charge is -2.11. The third kappa shape index (κ3) is 7.97. The first-order valence-electron chi connectivity index (χ1n) is 5.50. The van der Waals surface area contributed by atoms with Crippen LogP contribution in [0.15, 0.2) is 10.1 Å². The molecule has 0 saturated carbocycles. The Hall–Kier alpha value is -1.06. The van der Waals surface area contributed by atoms with E-state index in [1.807, 2.05) is 41.5 Å². The maximum Gasteiger partial charge on any atom is 0.315 e. The molecule has 0 spiro atoms. The Kier molecular flexibility index (Phi) is 6.75. The Balaban J connectivity index is 4.38. The second-order valence-corrected chi connectivity index (χ2v) is 4.10. The molecule has 0 aromatic heterocycles. The van der Waals surface area contributed by atoms with Gasteiger partial charge in [-0.25, -0.2) is 4.99 Å². The smallest absolute Gasteiger partial charge is 0.315 e. The van der Waals surface area contributed by atoms with E-state index in [9.17, 15) is 0 Å². The summed E-state index contributed by atoms with van der Waals surface area (Å²) in [5, 5.41) is 7.08. The molecule has 0 aromatic carbocycles. The van der Waals surface area contributed by atoms with E-state index in [1.165, 1.54) is 0 Å². The molecule has 0 heterocycles. The highest BCUT2D eigenvalue weighted by Crippen LogP contribution is 1.93. The molecule has 15 heavy (non-hydrogen) atoms. The molecule has 0 amide bonds. The summed E-state index contributed by atoms with van der Waals surface area (Å²) in [6.45, 7) is 12.1. The summed E-state index contributed by atoms with van der Waals surface area (Å²) in [6.07, 6.45) is 0.886. The number of oxime groups is 1. The third-order valence-electron chi connectivity index (χ3n) is 1.59. The molecule has 0 saturated heterocycles. The van der Waals surface area contributed by atoms with Crippen LogP contribution in [0.4, 0.5) is 0 Å². The SMILES string of the molecule is CCC(C)=NOC(=NC(C)C)NC(C)C. The van der Waals surface area contributed by atoms with Gasteiger partial charge in [0.25, 0.3) is 0 Å². The van der Waals surface area contributed by atoms with E-state index in [0.717, 1.165) is 12.1 Å². The molecular weight excluding hydrogens is 190 g/mol. The van der Waals surface area contributed by atoms with Crippen molar-refractivity contribution < 1.29 is 4.84 Å². The van der Waals surface area contributed by atoms with Gasteiger partial charge in [-0.1, -0.05) is 12.1 Å². The molecule has 0 atom stereocenters. The fraction of sp³-hybridized carbons (Fsp3) is 0.818. The van der Waals surface area contributed by atoms with Gasteiger partial charge in [-0.2, -0.15) is 0 Å². The minimum Gasteiger partial charge on any atom is -0.336 e. The topological polar surface area (TPSA) is 46.0 Å². The lowest BCUT2D eigenvalue weighted by molar-refractivity contribution is 0.301. The minimum atomic E-state index is 0.198. The van der Waals surface area contributed by atoms with Crippen molar-refractivity contribution in [2.24, 2.45) is 10.1 Å². The second-order valence-electron chi connectivity index (χ2n) is 4.10. The first-order valence-corrected chi connectivity index (χ1v) is 5.50. The Bertz CT molecular complexity index is 232. The average molecular weight is 213 g/mol. The molecule has 0 aliphatic carbocycles. The summed E-state index contributed by atoms with van der Waals surface area (Å²) in [4.78, 5) is 9.54. The molecular formula is C11H23N3O. The average Bonchev–Trinajstić information content (AvgIpc) is 2.11. The van der Waals surface area contributed by atoms with Crippen molar-refractivity contribution in [1.29, 1.82) is 0 Å². The van der Waals surface area contributed by atoms with Crippen LogP contribution in [0.5, 0.6) is 0 Å². The van der Waals surface area contributed by atoms with Crippen molar-refractivity contribution in [3.8, 4) is 0 Å². The van der Waals surface area contributed by atoms with E-state index >= 15 is 0 Å². The lowest BCUT2D eigenvalue weighted by Crippen LogP contribution is -2.32. The summed E-state index contributed by atoms with van der Waals surface area (Å²) < 4.78 is 0. The predicted molar refractivity (Wildman–Crippen MR) is 65.3 cm³/mol. The number of hydrogen-bond donors (Lipinski definition) is 1. The Morgan fingerprint density at radius 2 is 1.87 bits per heavy atom. The molecule has 0 bridgehead atoms. The van der Waals surface area contributed by atoms with E-state index in [1.54, 1.807) is 0 Å². The standard InChI is InChI=1S/C11H23N3O/c1-7-10(6)14-15-11(12-8(2)3)13-9(4)5/h8-9H,7H2,1-6H3,(H,12,13). The van der Waals surface area contributed by atoms with Crippen LogP contribution in [0.2, 0.25) is 0 Å². The number of rotatable bonds is 4. The van der Waals surface area contributed by atoms with Crippen molar-refractivity contribution in [3.05, 3.63) is 0 Å². The molecule has 0 fully saturated rings. The number of aliphatic imine (C=N–C) groups is 1. The van der Waals surface area contributed by atoms with Crippen molar-refractivity contribution >= 4 is 11.7 Å². The predicted octanol–water partition coefficient (Wildman–Crippen LogP) is 2.55. The van der Waals surface area contributed by atoms with Crippen LogP contribution in [-0.4, -0.2) is 23.8 Å². The fourth-order valence-corrected chi connectivity index (χ4v) is 0.754. The molecule has 4 nitrogen and oxygen atoms in total. The summed E-state index contributed by atoms with van der Waals surface area (Å²) in [5.74, 6) is 0. The van der Waals surface area contributed by atoms with Gasteiger partial charge >= 0.3 is 6.02 Å². The van der Waals surface area contributed by atoms with Crippen LogP contribution in [0.1, 0.15) is 48.0 Å². The monoisotopic (exact) mass is 213 g/mol.